The number of hydrogen-bond acceptors (Lipinski definition) is 3. The Labute approximate surface area is 93.7 Å². The summed E-state index contributed by atoms with van der Waals surface area (Å²) in [5.41, 5.74) is 3.86. The van der Waals surface area contributed by atoms with Gasteiger partial charge in [-0.15, -0.1) is 0 Å². The van der Waals surface area contributed by atoms with Crippen LogP contribution in [0, 0.1) is 18.3 Å². The molecule has 0 aliphatic heterocycles. The van der Waals surface area contributed by atoms with Gasteiger partial charge >= 0.3 is 0 Å². The van der Waals surface area contributed by atoms with Crippen LogP contribution in [0.1, 0.15) is 17.0 Å². The Balaban J connectivity index is 2.14. The van der Waals surface area contributed by atoms with Gasteiger partial charge in [-0.05, 0) is 18.6 Å². The zero-order chi connectivity index (χ0) is 11.5. The van der Waals surface area contributed by atoms with Gasteiger partial charge in [0, 0.05) is 25.5 Å². The van der Waals surface area contributed by atoms with Crippen LogP contribution in [0.3, 0.4) is 0 Å². The highest BCUT2D eigenvalue weighted by molar-refractivity contribution is 5.41. The first-order chi connectivity index (χ1) is 7.72. The lowest BCUT2D eigenvalue weighted by Crippen LogP contribution is -2.00. The van der Waals surface area contributed by atoms with Gasteiger partial charge in [-0.1, -0.05) is 0 Å². The van der Waals surface area contributed by atoms with Gasteiger partial charge in [0.25, 0.3) is 0 Å². The molecule has 2 heterocycles. The maximum Gasteiger partial charge on any atom is 0.120 e. The van der Waals surface area contributed by atoms with Crippen LogP contribution in [0.2, 0.25) is 0 Å². The van der Waals surface area contributed by atoms with Gasteiger partial charge in [0.1, 0.15) is 11.8 Å². The molecule has 2 aromatic rings. The summed E-state index contributed by atoms with van der Waals surface area (Å²) in [5, 5.41) is 18.7. The molecular weight excluding hydrogens is 202 g/mol. The summed E-state index contributed by atoms with van der Waals surface area (Å²) in [5.74, 6) is 0. The van der Waals surface area contributed by atoms with Crippen LogP contribution in [0.15, 0.2) is 18.5 Å². The largest absolute Gasteiger partial charge is 0.378 e. The molecule has 0 saturated carbocycles. The zero-order valence-corrected chi connectivity index (χ0v) is 9.28. The number of anilines is 1. The van der Waals surface area contributed by atoms with Crippen molar-refractivity contribution in [2.24, 2.45) is 7.05 Å². The van der Waals surface area contributed by atoms with E-state index < -0.39 is 0 Å². The molecule has 0 atom stereocenters. The average molecular weight is 215 g/mol. The maximum atomic E-state index is 8.90. The van der Waals surface area contributed by atoms with Gasteiger partial charge < -0.3 is 9.88 Å². The van der Waals surface area contributed by atoms with Crippen molar-refractivity contribution in [3.8, 4) is 6.07 Å². The summed E-state index contributed by atoms with van der Waals surface area (Å²) >= 11 is 0. The Morgan fingerprint density at radius 3 is 3.00 bits per heavy atom. The molecule has 5 heteroatoms. The fourth-order valence-corrected chi connectivity index (χ4v) is 1.59. The molecule has 2 aromatic heterocycles. The van der Waals surface area contributed by atoms with Crippen molar-refractivity contribution in [2.75, 3.05) is 5.32 Å². The number of aromatic amines is 1. The van der Waals surface area contributed by atoms with Gasteiger partial charge in [0.05, 0.1) is 11.9 Å². The van der Waals surface area contributed by atoms with E-state index in [4.69, 9.17) is 5.26 Å². The average Bonchev–Trinajstić information content (AvgIpc) is 2.88. The third kappa shape index (κ3) is 1.77. The van der Waals surface area contributed by atoms with E-state index in [-0.39, 0.29) is 0 Å². The lowest BCUT2D eigenvalue weighted by molar-refractivity contribution is 0.856. The quantitative estimate of drug-likeness (QED) is 0.816. The van der Waals surface area contributed by atoms with E-state index in [1.54, 1.807) is 12.4 Å². The van der Waals surface area contributed by atoms with E-state index in [2.05, 4.69) is 21.6 Å². The minimum atomic E-state index is 0.682. The topological polar surface area (TPSA) is 69.4 Å². The summed E-state index contributed by atoms with van der Waals surface area (Å²) in [6.45, 7) is 2.70. The third-order valence-electron chi connectivity index (χ3n) is 2.74. The van der Waals surface area contributed by atoms with E-state index in [0.29, 0.717) is 12.2 Å². The molecule has 0 bridgehead atoms. The highest BCUT2D eigenvalue weighted by Gasteiger charge is 2.08. The van der Waals surface area contributed by atoms with Crippen LogP contribution >= 0.6 is 0 Å². The predicted octanol–water partition coefficient (Wildman–Crippen LogP) is 1.54. The number of rotatable bonds is 3. The third-order valence-corrected chi connectivity index (χ3v) is 2.74. The first kappa shape index (κ1) is 10.3. The second kappa shape index (κ2) is 4.11. The number of aromatic nitrogens is 3. The molecule has 0 saturated heterocycles. The van der Waals surface area contributed by atoms with E-state index in [0.717, 1.165) is 16.9 Å². The highest BCUT2D eigenvalue weighted by atomic mass is 15.1. The second-order valence-electron chi connectivity index (χ2n) is 3.65. The van der Waals surface area contributed by atoms with Crippen LogP contribution in [-0.4, -0.2) is 14.8 Å². The van der Waals surface area contributed by atoms with Crippen molar-refractivity contribution >= 4 is 5.69 Å². The number of H-pyrrole nitrogens is 1. The maximum absolute atomic E-state index is 8.90. The van der Waals surface area contributed by atoms with Gasteiger partial charge in [-0.2, -0.15) is 10.4 Å². The summed E-state index contributed by atoms with van der Waals surface area (Å²) in [6.07, 6.45) is 3.52. The Bertz CT molecular complexity index is 515. The lowest BCUT2D eigenvalue weighted by atomic mass is 10.2. The van der Waals surface area contributed by atoms with Crippen molar-refractivity contribution in [2.45, 2.75) is 13.5 Å². The normalized spacial score (nSPS) is 10.1. The van der Waals surface area contributed by atoms with Crippen molar-refractivity contribution < 1.29 is 0 Å². The molecule has 0 amide bonds. The zero-order valence-electron chi connectivity index (χ0n) is 9.28. The number of nitrogens with zero attached hydrogens (tertiary/aromatic N) is 3. The number of nitriles is 1. The summed E-state index contributed by atoms with van der Waals surface area (Å²) < 4.78 is 1.90. The molecule has 2 rings (SSSR count). The van der Waals surface area contributed by atoms with Crippen molar-refractivity contribution in [3.63, 3.8) is 0 Å². The van der Waals surface area contributed by atoms with Crippen molar-refractivity contribution in [3.05, 3.63) is 35.4 Å². The Hall–Kier alpha value is -2.22. The van der Waals surface area contributed by atoms with Crippen LogP contribution < -0.4 is 5.32 Å². The minimum absolute atomic E-state index is 0.682. The minimum Gasteiger partial charge on any atom is -0.378 e. The smallest absolute Gasteiger partial charge is 0.120 e. The Kier molecular flexibility index (Phi) is 2.64. The molecule has 16 heavy (non-hydrogen) atoms. The van der Waals surface area contributed by atoms with Crippen LogP contribution in [-0.2, 0) is 13.6 Å². The molecule has 0 fully saturated rings. The molecule has 82 valence electrons. The second-order valence-corrected chi connectivity index (χ2v) is 3.65. The summed E-state index contributed by atoms with van der Waals surface area (Å²) in [4.78, 5) is 0. The summed E-state index contributed by atoms with van der Waals surface area (Å²) in [6, 6.07) is 4.07. The number of nitrogens with one attached hydrogen (secondary N) is 2. The molecule has 0 aromatic carbocycles. The van der Waals surface area contributed by atoms with E-state index >= 15 is 0 Å². The highest BCUT2D eigenvalue weighted by Crippen LogP contribution is 2.15. The fraction of sp³-hybridized carbons (Fsp3) is 0.273. The molecule has 0 aliphatic carbocycles. The molecule has 0 radical (unpaired) electrons. The molecule has 5 nitrogen and oxygen atoms in total. The van der Waals surface area contributed by atoms with Crippen LogP contribution in [0.4, 0.5) is 5.69 Å². The summed E-state index contributed by atoms with van der Waals surface area (Å²) in [7, 11) is 1.90. The van der Waals surface area contributed by atoms with Crippen LogP contribution in [0.25, 0.3) is 0 Å². The molecule has 0 aliphatic rings. The number of hydrogen-bond donors (Lipinski definition) is 2. The fourth-order valence-electron chi connectivity index (χ4n) is 1.59. The van der Waals surface area contributed by atoms with Gasteiger partial charge in [-0.25, -0.2) is 0 Å². The lowest BCUT2D eigenvalue weighted by Gasteiger charge is -2.03. The SMILES string of the molecule is Cc1c(CNc2cn[nH]c2)cc(C#N)n1C. The van der Waals surface area contributed by atoms with E-state index in [1.165, 1.54) is 0 Å². The first-order valence-corrected chi connectivity index (χ1v) is 5.00. The molecule has 2 N–H and O–H groups in total. The van der Waals surface area contributed by atoms with Gasteiger partial charge in [0.15, 0.2) is 0 Å². The van der Waals surface area contributed by atoms with Crippen LogP contribution in [0.5, 0.6) is 0 Å². The first-order valence-electron chi connectivity index (χ1n) is 5.00. The van der Waals surface area contributed by atoms with Crippen molar-refractivity contribution in [1.29, 1.82) is 5.26 Å². The molecule has 0 spiro atoms. The predicted molar refractivity (Wildman–Crippen MR) is 60.8 cm³/mol. The van der Waals surface area contributed by atoms with Gasteiger partial charge in [0.2, 0.25) is 0 Å². The Morgan fingerprint density at radius 2 is 2.44 bits per heavy atom. The monoisotopic (exact) mass is 215 g/mol. The molecule has 0 unspecified atom stereocenters. The Morgan fingerprint density at radius 1 is 1.62 bits per heavy atom. The van der Waals surface area contributed by atoms with E-state index in [1.807, 2.05) is 24.6 Å². The van der Waals surface area contributed by atoms with Gasteiger partial charge in [-0.3, -0.25) is 5.10 Å². The molecular formula is C11H13N5. The van der Waals surface area contributed by atoms with Crippen molar-refractivity contribution in [1.82, 2.24) is 14.8 Å². The standard InChI is InChI=1S/C11H13N5/c1-8-9(3-11(4-12)16(8)2)5-13-10-6-14-15-7-10/h3,6-7,13H,5H2,1-2H3,(H,14,15). The van der Waals surface area contributed by atoms with E-state index in [9.17, 15) is 0 Å².